The van der Waals surface area contributed by atoms with Crippen LogP contribution in [0, 0.1) is 17.2 Å². The van der Waals surface area contributed by atoms with Gasteiger partial charge in [0.15, 0.2) is 0 Å². The Labute approximate surface area is 244 Å². The van der Waals surface area contributed by atoms with Gasteiger partial charge in [-0.1, -0.05) is 35.9 Å². The zero-order valence-electron chi connectivity index (χ0n) is 22.1. The second-order valence-corrected chi connectivity index (χ2v) is 15.6. The minimum atomic E-state index is -4.11. The van der Waals surface area contributed by atoms with E-state index in [9.17, 15) is 26.9 Å². The molecule has 2 fully saturated rings. The van der Waals surface area contributed by atoms with Gasteiger partial charge in [0.25, 0.3) is 15.9 Å². The standard InChI is InChI=1S/C30H28ClN3O5S2/c31-26-7-2-1-5-23(26)19-33-29(35)22-10-11-27-25(17-22)30(12-14-40(36,37)15-13-30)28(21-8-9-21)34(27)41(38,39)24-6-3-4-20(16-24)18-32/h1-7,10-11,16-17,21,28H,8-9,12-15,19H2,(H,33,35). The van der Waals surface area contributed by atoms with Crippen LogP contribution in [0.2, 0.25) is 5.02 Å². The van der Waals surface area contributed by atoms with E-state index in [1.165, 1.54) is 16.4 Å². The molecule has 1 saturated heterocycles. The number of nitrogens with zero attached hydrogens (tertiary/aromatic N) is 2. The van der Waals surface area contributed by atoms with Gasteiger partial charge in [-0.2, -0.15) is 5.26 Å². The average molecular weight is 610 g/mol. The summed E-state index contributed by atoms with van der Waals surface area (Å²) in [5, 5.41) is 12.8. The minimum Gasteiger partial charge on any atom is -0.348 e. The third-order valence-corrected chi connectivity index (χ3v) is 12.4. The van der Waals surface area contributed by atoms with Crippen molar-refractivity contribution in [3.05, 3.63) is 94.0 Å². The molecule has 2 heterocycles. The number of fused-ring (bicyclic) bond motifs is 2. The van der Waals surface area contributed by atoms with Crippen molar-refractivity contribution >= 4 is 43.1 Å². The first-order valence-corrected chi connectivity index (χ1v) is 17.1. The molecule has 0 aromatic heterocycles. The van der Waals surface area contributed by atoms with Gasteiger partial charge in [-0.3, -0.25) is 9.10 Å². The molecule has 3 aliphatic rings. The van der Waals surface area contributed by atoms with Crippen molar-refractivity contribution in [2.45, 2.75) is 48.6 Å². The van der Waals surface area contributed by atoms with Gasteiger partial charge in [0.05, 0.1) is 39.8 Å². The number of amides is 1. The predicted molar refractivity (Wildman–Crippen MR) is 156 cm³/mol. The molecule has 0 radical (unpaired) electrons. The van der Waals surface area contributed by atoms with Crippen LogP contribution >= 0.6 is 11.6 Å². The van der Waals surface area contributed by atoms with Gasteiger partial charge in [-0.05, 0) is 85.2 Å². The van der Waals surface area contributed by atoms with Crippen LogP contribution in [0.15, 0.2) is 71.6 Å². The first kappa shape index (κ1) is 27.8. The first-order valence-electron chi connectivity index (χ1n) is 13.5. The highest BCUT2D eigenvalue weighted by Gasteiger charge is 2.60. The first-order chi connectivity index (χ1) is 19.6. The molecule has 1 spiro atoms. The summed E-state index contributed by atoms with van der Waals surface area (Å²) in [4.78, 5) is 13.3. The molecule has 1 unspecified atom stereocenters. The number of nitriles is 1. The number of hydrogen-bond donors (Lipinski definition) is 1. The van der Waals surface area contributed by atoms with E-state index in [1.807, 2.05) is 24.3 Å². The highest BCUT2D eigenvalue weighted by Crippen LogP contribution is 2.59. The minimum absolute atomic E-state index is 0.00944. The van der Waals surface area contributed by atoms with Crippen LogP contribution in [0.25, 0.3) is 0 Å². The van der Waals surface area contributed by atoms with E-state index in [0.29, 0.717) is 21.8 Å². The maximum absolute atomic E-state index is 14.3. The van der Waals surface area contributed by atoms with Crippen LogP contribution in [-0.4, -0.2) is 40.3 Å². The highest BCUT2D eigenvalue weighted by atomic mass is 35.5. The molecule has 1 saturated carbocycles. The van der Waals surface area contributed by atoms with Crippen molar-refractivity contribution in [2.24, 2.45) is 5.92 Å². The maximum atomic E-state index is 14.3. The second kappa shape index (κ2) is 10.2. The Morgan fingerprint density at radius 1 is 1.05 bits per heavy atom. The third-order valence-electron chi connectivity index (χ3n) is 8.56. The van der Waals surface area contributed by atoms with E-state index < -0.39 is 31.3 Å². The van der Waals surface area contributed by atoms with E-state index in [1.54, 1.807) is 36.4 Å². The molecule has 0 bridgehead atoms. The molecular formula is C30H28ClN3O5S2. The lowest BCUT2D eigenvalue weighted by Crippen LogP contribution is -2.52. The van der Waals surface area contributed by atoms with Gasteiger partial charge in [-0.25, -0.2) is 16.8 Å². The Balaban J connectivity index is 1.44. The number of carbonyl (C=O) groups excluding carboxylic acids is 1. The van der Waals surface area contributed by atoms with Gasteiger partial charge in [0.2, 0.25) is 0 Å². The van der Waals surface area contributed by atoms with Crippen LogP contribution in [0.1, 0.15) is 52.7 Å². The molecule has 1 atom stereocenters. The number of rotatable bonds is 6. The summed E-state index contributed by atoms with van der Waals surface area (Å²) in [7, 11) is -7.37. The van der Waals surface area contributed by atoms with E-state index >= 15 is 0 Å². The van der Waals surface area contributed by atoms with Gasteiger partial charge in [0, 0.05) is 22.5 Å². The normalized spacial score (nSPS) is 20.8. The third kappa shape index (κ3) is 4.90. The number of nitrogens with one attached hydrogen (secondary N) is 1. The van der Waals surface area contributed by atoms with Gasteiger partial charge in [-0.15, -0.1) is 0 Å². The fraction of sp³-hybridized carbons (Fsp3) is 0.333. The maximum Gasteiger partial charge on any atom is 0.264 e. The van der Waals surface area contributed by atoms with Crippen molar-refractivity contribution in [2.75, 3.05) is 15.8 Å². The predicted octanol–water partition coefficient (Wildman–Crippen LogP) is 4.58. The summed E-state index contributed by atoms with van der Waals surface area (Å²) in [6.07, 6.45) is 2.22. The molecule has 3 aromatic carbocycles. The number of carbonyl (C=O) groups is 1. The Kier molecular flexibility index (Phi) is 6.88. The number of hydrogen-bond acceptors (Lipinski definition) is 6. The topological polar surface area (TPSA) is 124 Å². The number of sulfone groups is 1. The largest absolute Gasteiger partial charge is 0.348 e. The summed E-state index contributed by atoms with van der Waals surface area (Å²) in [5.41, 5.74) is 1.77. The fourth-order valence-corrected chi connectivity index (χ4v) is 9.96. The van der Waals surface area contributed by atoms with Crippen LogP contribution in [0.3, 0.4) is 0 Å². The van der Waals surface area contributed by atoms with E-state index in [4.69, 9.17) is 11.6 Å². The lowest BCUT2D eigenvalue weighted by atomic mass is 9.70. The monoisotopic (exact) mass is 609 g/mol. The lowest BCUT2D eigenvalue weighted by Gasteiger charge is -2.41. The Morgan fingerprint density at radius 2 is 1.78 bits per heavy atom. The van der Waals surface area contributed by atoms with Crippen LogP contribution < -0.4 is 9.62 Å². The SMILES string of the molecule is N#Cc1cccc(S(=O)(=O)N2c3ccc(C(=O)NCc4ccccc4Cl)cc3C3(CCS(=O)(=O)CC3)C2C2CC2)c1. The van der Waals surface area contributed by atoms with Crippen LogP contribution in [-0.2, 0) is 31.8 Å². The zero-order chi connectivity index (χ0) is 29.0. The Morgan fingerprint density at radius 3 is 2.46 bits per heavy atom. The lowest BCUT2D eigenvalue weighted by molar-refractivity contribution is 0.0950. The Bertz CT molecular complexity index is 1800. The Hall–Kier alpha value is -3.39. The van der Waals surface area contributed by atoms with Crippen molar-refractivity contribution in [1.29, 1.82) is 5.26 Å². The van der Waals surface area contributed by atoms with Crippen molar-refractivity contribution < 1.29 is 21.6 Å². The number of benzene rings is 3. The molecule has 6 rings (SSSR count). The van der Waals surface area contributed by atoms with Crippen molar-refractivity contribution in [3.63, 3.8) is 0 Å². The molecule has 3 aromatic rings. The van der Waals surface area contributed by atoms with Gasteiger partial charge >= 0.3 is 0 Å². The van der Waals surface area contributed by atoms with Gasteiger partial charge < -0.3 is 5.32 Å². The molecule has 1 amide bonds. The van der Waals surface area contributed by atoms with E-state index in [-0.39, 0.29) is 53.2 Å². The van der Waals surface area contributed by atoms with E-state index in [0.717, 1.165) is 18.4 Å². The molecule has 11 heteroatoms. The number of halogens is 1. The summed E-state index contributed by atoms with van der Waals surface area (Å²) in [5.74, 6) is -0.362. The molecular weight excluding hydrogens is 582 g/mol. The van der Waals surface area contributed by atoms with Gasteiger partial charge in [0.1, 0.15) is 9.84 Å². The van der Waals surface area contributed by atoms with Crippen LogP contribution in [0.5, 0.6) is 0 Å². The number of sulfonamides is 1. The smallest absolute Gasteiger partial charge is 0.264 e. The molecule has 2 aliphatic heterocycles. The van der Waals surface area contributed by atoms with Crippen LogP contribution in [0.4, 0.5) is 5.69 Å². The molecule has 8 nitrogen and oxygen atoms in total. The molecule has 212 valence electrons. The summed E-state index contributed by atoms with van der Waals surface area (Å²) >= 11 is 6.25. The second-order valence-electron chi connectivity index (χ2n) is 11.0. The number of anilines is 1. The van der Waals surface area contributed by atoms with Crippen molar-refractivity contribution in [3.8, 4) is 6.07 Å². The highest BCUT2D eigenvalue weighted by molar-refractivity contribution is 7.93. The molecule has 41 heavy (non-hydrogen) atoms. The summed E-state index contributed by atoms with van der Waals surface area (Å²) < 4.78 is 55.1. The quantitative estimate of drug-likeness (QED) is 0.436. The molecule has 1 N–H and O–H groups in total. The zero-order valence-corrected chi connectivity index (χ0v) is 24.5. The van der Waals surface area contributed by atoms with E-state index in [2.05, 4.69) is 5.32 Å². The average Bonchev–Trinajstić information content (AvgIpc) is 3.77. The summed E-state index contributed by atoms with van der Waals surface area (Å²) in [6, 6.07) is 19.7. The summed E-state index contributed by atoms with van der Waals surface area (Å²) in [6.45, 7) is 0.222. The van der Waals surface area contributed by atoms with Crippen molar-refractivity contribution in [1.82, 2.24) is 5.32 Å². The fourth-order valence-electron chi connectivity index (χ4n) is 6.36. The molecule has 1 aliphatic carbocycles.